The van der Waals surface area contributed by atoms with Crippen molar-refractivity contribution in [1.29, 1.82) is 0 Å². The van der Waals surface area contributed by atoms with E-state index in [1.807, 2.05) is 29.2 Å². The van der Waals surface area contributed by atoms with E-state index in [0.29, 0.717) is 46.7 Å². The number of nitrogens with zero attached hydrogens (tertiary/aromatic N) is 3. The molecule has 0 saturated carbocycles. The molecule has 0 spiro atoms. The zero-order valence-corrected chi connectivity index (χ0v) is 20.0. The SMILES string of the molecule is O=C(Nc1ccc(O)c2ncccc12)c1csc(C2CCN(C(=O)c3cc4ccccc4o3)CC2)n1. The van der Waals surface area contributed by atoms with Gasteiger partial charge in [-0.05, 0) is 49.2 Å². The molecule has 180 valence electrons. The summed E-state index contributed by atoms with van der Waals surface area (Å²) in [7, 11) is 0. The summed E-state index contributed by atoms with van der Waals surface area (Å²) in [6.45, 7) is 1.21. The van der Waals surface area contributed by atoms with Crippen molar-refractivity contribution in [3.63, 3.8) is 0 Å². The Labute approximate surface area is 210 Å². The number of benzene rings is 2. The van der Waals surface area contributed by atoms with Gasteiger partial charge in [0.15, 0.2) is 5.76 Å². The van der Waals surface area contributed by atoms with E-state index in [9.17, 15) is 14.7 Å². The van der Waals surface area contributed by atoms with Crippen molar-refractivity contribution < 1.29 is 19.1 Å². The van der Waals surface area contributed by atoms with Crippen LogP contribution >= 0.6 is 11.3 Å². The molecule has 4 heterocycles. The Hall–Kier alpha value is -4.24. The van der Waals surface area contributed by atoms with E-state index in [1.54, 1.807) is 35.8 Å². The number of piperidine rings is 1. The first kappa shape index (κ1) is 22.2. The second-order valence-electron chi connectivity index (χ2n) is 8.77. The highest BCUT2D eigenvalue weighted by Gasteiger charge is 2.28. The first-order chi connectivity index (χ1) is 17.6. The van der Waals surface area contributed by atoms with Crippen molar-refractivity contribution in [2.75, 3.05) is 18.4 Å². The number of thiazole rings is 1. The lowest BCUT2D eigenvalue weighted by molar-refractivity contribution is 0.0683. The van der Waals surface area contributed by atoms with Crippen molar-refractivity contribution in [3.8, 4) is 5.75 Å². The Kier molecular flexibility index (Phi) is 5.61. The molecule has 2 N–H and O–H groups in total. The van der Waals surface area contributed by atoms with E-state index in [2.05, 4.69) is 15.3 Å². The summed E-state index contributed by atoms with van der Waals surface area (Å²) < 4.78 is 5.74. The first-order valence-corrected chi connectivity index (χ1v) is 12.6. The summed E-state index contributed by atoms with van der Waals surface area (Å²) in [5.41, 5.74) is 2.05. The number of hydrogen-bond acceptors (Lipinski definition) is 7. The van der Waals surface area contributed by atoms with Gasteiger partial charge in [-0.1, -0.05) is 18.2 Å². The molecule has 1 aliphatic rings. The van der Waals surface area contributed by atoms with Crippen molar-refractivity contribution in [2.45, 2.75) is 18.8 Å². The number of pyridine rings is 1. The highest BCUT2D eigenvalue weighted by Crippen LogP contribution is 2.33. The van der Waals surface area contributed by atoms with Crippen LogP contribution in [-0.2, 0) is 0 Å². The van der Waals surface area contributed by atoms with Crippen molar-refractivity contribution in [1.82, 2.24) is 14.9 Å². The molecule has 2 amide bonds. The number of aromatic nitrogens is 2. The monoisotopic (exact) mass is 498 g/mol. The van der Waals surface area contributed by atoms with Crippen LogP contribution in [0.3, 0.4) is 0 Å². The Morgan fingerprint density at radius 3 is 2.75 bits per heavy atom. The van der Waals surface area contributed by atoms with Crippen LogP contribution in [0.4, 0.5) is 5.69 Å². The van der Waals surface area contributed by atoms with Crippen LogP contribution in [0.2, 0.25) is 0 Å². The average Bonchev–Trinajstić information content (AvgIpc) is 3.58. The maximum atomic E-state index is 12.9. The van der Waals surface area contributed by atoms with Gasteiger partial charge in [0.2, 0.25) is 0 Å². The Morgan fingerprint density at radius 2 is 1.92 bits per heavy atom. The van der Waals surface area contributed by atoms with Gasteiger partial charge < -0.3 is 19.7 Å². The number of rotatable bonds is 4. The largest absolute Gasteiger partial charge is 0.506 e. The normalized spacial score (nSPS) is 14.4. The smallest absolute Gasteiger partial charge is 0.289 e. The number of furan rings is 1. The third kappa shape index (κ3) is 4.07. The summed E-state index contributed by atoms with van der Waals surface area (Å²) in [4.78, 5) is 36.4. The van der Waals surface area contributed by atoms with Crippen LogP contribution in [0.15, 0.2) is 70.6 Å². The number of amides is 2. The summed E-state index contributed by atoms with van der Waals surface area (Å²) >= 11 is 1.46. The number of likely N-dealkylation sites (tertiary alicyclic amines) is 1. The molecule has 0 unspecified atom stereocenters. The zero-order valence-electron chi connectivity index (χ0n) is 19.2. The number of carbonyl (C=O) groups is 2. The minimum atomic E-state index is -0.314. The molecule has 36 heavy (non-hydrogen) atoms. The Morgan fingerprint density at radius 1 is 1.08 bits per heavy atom. The summed E-state index contributed by atoms with van der Waals surface area (Å²) in [5.74, 6) is 0.199. The topological polar surface area (TPSA) is 109 Å². The molecule has 3 aromatic heterocycles. The molecule has 8 nitrogen and oxygen atoms in total. The summed E-state index contributed by atoms with van der Waals surface area (Å²) in [6.07, 6.45) is 3.14. The van der Waals surface area contributed by atoms with Crippen LogP contribution in [0.25, 0.3) is 21.9 Å². The number of aromatic hydroxyl groups is 1. The number of phenolic OH excluding ortho intramolecular Hbond substituents is 1. The lowest BCUT2D eigenvalue weighted by atomic mass is 9.97. The molecular formula is C27H22N4O4S. The van der Waals surface area contributed by atoms with E-state index < -0.39 is 0 Å². The van der Waals surface area contributed by atoms with Gasteiger partial charge in [-0.3, -0.25) is 14.6 Å². The predicted molar refractivity (Wildman–Crippen MR) is 138 cm³/mol. The Balaban J connectivity index is 1.11. The maximum absolute atomic E-state index is 12.9. The van der Waals surface area contributed by atoms with Crippen LogP contribution in [0.5, 0.6) is 5.75 Å². The molecule has 1 aliphatic heterocycles. The van der Waals surface area contributed by atoms with Gasteiger partial charge in [0, 0.05) is 41.4 Å². The molecule has 6 rings (SSSR count). The second kappa shape index (κ2) is 9.09. The Bertz CT molecular complexity index is 1570. The molecule has 2 aromatic carbocycles. The summed E-state index contributed by atoms with van der Waals surface area (Å²) in [5, 5.41) is 17.1. The standard InChI is InChI=1S/C27H22N4O4S/c32-21-8-7-19(18-5-3-11-28-24(18)21)29-25(33)20-15-36-26(30-20)16-9-12-31(13-10-16)27(34)23-14-17-4-1-2-6-22(17)35-23/h1-8,11,14-16,32H,9-10,12-13H2,(H,29,33). The van der Waals surface area contributed by atoms with E-state index >= 15 is 0 Å². The molecule has 0 atom stereocenters. The zero-order chi connectivity index (χ0) is 24.6. The number of para-hydroxylation sites is 1. The lowest BCUT2D eigenvalue weighted by Crippen LogP contribution is -2.37. The van der Waals surface area contributed by atoms with Crippen molar-refractivity contribution in [2.24, 2.45) is 0 Å². The van der Waals surface area contributed by atoms with E-state index in [-0.39, 0.29) is 23.5 Å². The fraction of sp³-hybridized carbons (Fsp3) is 0.185. The molecule has 0 bridgehead atoms. The number of fused-ring (bicyclic) bond motifs is 2. The molecule has 0 aliphatic carbocycles. The highest BCUT2D eigenvalue weighted by atomic mass is 32.1. The number of hydrogen-bond donors (Lipinski definition) is 2. The molecule has 0 radical (unpaired) electrons. The summed E-state index contributed by atoms with van der Waals surface area (Å²) in [6, 6.07) is 16.1. The van der Waals surface area contributed by atoms with Gasteiger partial charge >= 0.3 is 0 Å². The average molecular weight is 499 g/mol. The third-order valence-corrected chi connectivity index (χ3v) is 7.53. The van der Waals surface area contributed by atoms with E-state index in [4.69, 9.17) is 4.42 Å². The fourth-order valence-electron chi connectivity index (χ4n) is 4.61. The third-order valence-electron chi connectivity index (χ3n) is 6.52. The minimum absolute atomic E-state index is 0.0599. The highest BCUT2D eigenvalue weighted by molar-refractivity contribution is 7.10. The van der Waals surface area contributed by atoms with Gasteiger partial charge in [0.05, 0.1) is 10.7 Å². The van der Waals surface area contributed by atoms with Gasteiger partial charge in [0.25, 0.3) is 11.8 Å². The van der Waals surface area contributed by atoms with Gasteiger partial charge in [-0.25, -0.2) is 4.98 Å². The van der Waals surface area contributed by atoms with Crippen LogP contribution in [0, 0.1) is 0 Å². The quantitative estimate of drug-likeness (QED) is 0.321. The number of carbonyl (C=O) groups excluding carboxylic acids is 2. The van der Waals surface area contributed by atoms with Crippen LogP contribution in [-0.4, -0.2) is 44.9 Å². The second-order valence-corrected chi connectivity index (χ2v) is 9.66. The van der Waals surface area contributed by atoms with Crippen LogP contribution < -0.4 is 5.32 Å². The van der Waals surface area contributed by atoms with Gasteiger partial charge in [-0.2, -0.15) is 0 Å². The lowest BCUT2D eigenvalue weighted by Gasteiger charge is -2.30. The molecule has 1 fully saturated rings. The minimum Gasteiger partial charge on any atom is -0.506 e. The number of phenols is 1. The predicted octanol–water partition coefficient (Wildman–Crippen LogP) is 5.42. The number of anilines is 1. The molecule has 1 saturated heterocycles. The molecular weight excluding hydrogens is 476 g/mol. The van der Waals surface area contributed by atoms with E-state index in [0.717, 1.165) is 23.2 Å². The van der Waals surface area contributed by atoms with Gasteiger partial charge in [-0.15, -0.1) is 11.3 Å². The molecule has 9 heteroatoms. The maximum Gasteiger partial charge on any atom is 0.289 e. The van der Waals surface area contributed by atoms with Crippen LogP contribution in [0.1, 0.15) is 44.8 Å². The van der Waals surface area contributed by atoms with Crippen molar-refractivity contribution >= 4 is 50.7 Å². The fourth-order valence-corrected chi connectivity index (χ4v) is 5.58. The number of nitrogens with one attached hydrogen (secondary N) is 1. The van der Waals surface area contributed by atoms with Gasteiger partial charge in [0.1, 0.15) is 22.5 Å². The molecule has 5 aromatic rings. The van der Waals surface area contributed by atoms with Crippen molar-refractivity contribution in [3.05, 3.63) is 82.6 Å². The first-order valence-electron chi connectivity index (χ1n) is 11.7. The van der Waals surface area contributed by atoms with E-state index in [1.165, 1.54) is 17.4 Å².